The molecule has 0 saturated carbocycles. The van der Waals surface area contributed by atoms with Gasteiger partial charge in [-0.3, -0.25) is 14.2 Å². The number of nitrogens with one attached hydrogen (secondary N) is 1. The second kappa shape index (κ2) is 9.48. The van der Waals surface area contributed by atoms with Gasteiger partial charge in [-0.15, -0.1) is 0 Å². The smallest absolute Gasteiger partial charge is 0.278 e. The molecule has 2 aromatic carbocycles. The minimum Gasteiger partial charge on any atom is -0.497 e. The third kappa shape index (κ3) is 4.77. The lowest BCUT2D eigenvalue weighted by Crippen LogP contribution is -2.30. The Morgan fingerprint density at radius 1 is 1.15 bits per heavy atom. The van der Waals surface area contributed by atoms with E-state index in [2.05, 4.69) is 24.1 Å². The molecule has 0 aliphatic heterocycles. The molecule has 1 N–H and O–H groups in total. The second-order valence-corrected chi connectivity index (χ2v) is 8.86. The molecule has 0 aliphatic carbocycles. The van der Waals surface area contributed by atoms with Crippen LogP contribution < -0.4 is 15.6 Å². The van der Waals surface area contributed by atoms with Crippen LogP contribution in [0.3, 0.4) is 0 Å². The third-order valence-corrected chi connectivity index (χ3v) is 5.84. The Morgan fingerprint density at radius 2 is 1.91 bits per heavy atom. The van der Waals surface area contributed by atoms with Gasteiger partial charge in [-0.1, -0.05) is 37.6 Å². The first-order valence-electron chi connectivity index (χ1n) is 11.2. The van der Waals surface area contributed by atoms with Crippen LogP contribution in [0.2, 0.25) is 0 Å². The van der Waals surface area contributed by atoms with E-state index in [1.807, 2.05) is 49.4 Å². The molecule has 0 saturated heterocycles. The van der Waals surface area contributed by atoms with Crippen molar-refractivity contribution in [3.63, 3.8) is 0 Å². The van der Waals surface area contributed by atoms with Gasteiger partial charge in [0.15, 0.2) is 0 Å². The lowest BCUT2D eigenvalue weighted by molar-refractivity contribution is -0.121. The molecule has 4 rings (SSSR count). The largest absolute Gasteiger partial charge is 0.497 e. The molecule has 7 nitrogen and oxygen atoms in total. The topological polar surface area (TPSA) is 78.2 Å². The molecule has 1 amide bonds. The highest BCUT2D eigenvalue weighted by molar-refractivity contribution is 6.06. The number of hydrogen-bond acceptors (Lipinski definition) is 4. The summed E-state index contributed by atoms with van der Waals surface area (Å²) in [4.78, 5) is 30.9. The maximum absolute atomic E-state index is 13.6. The SMILES string of the molecule is COc1ccc(Cn2cnc3c4cc(C)ccc4n(CC(=O)NCCC(C)C)c3c2=O)cc1. The lowest BCUT2D eigenvalue weighted by atomic mass is 10.1. The summed E-state index contributed by atoms with van der Waals surface area (Å²) in [6.07, 6.45) is 2.50. The van der Waals surface area contributed by atoms with Crippen LogP contribution in [0.1, 0.15) is 31.4 Å². The number of nitrogens with zero attached hydrogens (tertiary/aromatic N) is 3. The van der Waals surface area contributed by atoms with Crippen LogP contribution in [0, 0.1) is 12.8 Å². The zero-order valence-electron chi connectivity index (χ0n) is 19.6. The molecule has 7 heteroatoms. The van der Waals surface area contributed by atoms with E-state index in [9.17, 15) is 9.59 Å². The van der Waals surface area contributed by atoms with Crippen LogP contribution in [-0.4, -0.2) is 33.7 Å². The quantitative estimate of drug-likeness (QED) is 0.446. The Bertz CT molecular complexity index is 1350. The number of benzene rings is 2. The Hall–Kier alpha value is -3.61. The van der Waals surface area contributed by atoms with E-state index in [0.717, 1.165) is 34.2 Å². The van der Waals surface area contributed by atoms with Crippen molar-refractivity contribution in [1.82, 2.24) is 19.4 Å². The molecule has 4 aromatic rings. The van der Waals surface area contributed by atoms with Crippen LogP contribution in [0.4, 0.5) is 0 Å². The Labute approximate surface area is 193 Å². The predicted molar refractivity (Wildman–Crippen MR) is 131 cm³/mol. The van der Waals surface area contributed by atoms with Gasteiger partial charge >= 0.3 is 0 Å². The first-order chi connectivity index (χ1) is 15.9. The van der Waals surface area contributed by atoms with Crippen molar-refractivity contribution >= 4 is 27.8 Å². The monoisotopic (exact) mass is 446 g/mol. The number of rotatable bonds is 8. The Kier molecular flexibility index (Phi) is 6.49. The summed E-state index contributed by atoms with van der Waals surface area (Å²) in [7, 11) is 1.62. The number of ether oxygens (including phenoxy) is 1. The number of aryl methyl sites for hydroxylation is 1. The minimum absolute atomic E-state index is 0.0740. The van der Waals surface area contributed by atoms with Crippen LogP contribution >= 0.6 is 0 Å². The average Bonchev–Trinajstić information content (AvgIpc) is 3.09. The zero-order chi connectivity index (χ0) is 23.5. The van der Waals surface area contributed by atoms with E-state index in [0.29, 0.717) is 30.0 Å². The van der Waals surface area contributed by atoms with Gasteiger partial charge in [-0.2, -0.15) is 0 Å². The summed E-state index contributed by atoms with van der Waals surface area (Å²) in [6.45, 7) is 7.33. The van der Waals surface area contributed by atoms with E-state index in [1.165, 1.54) is 0 Å². The standard InChI is InChI=1S/C26H30N4O3/c1-17(2)11-12-27-23(31)15-30-22-10-5-18(3)13-21(22)24-25(30)26(32)29(16-28-24)14-19-6-8-20(33-4)9-7-19/h5-10,13,16-17H,11-12,14-15H2,1-4H3,(H,27,31). The van der Waals surface area contributed by atoms with Crippen molar-refractivity contribution in [3.8, 4) is 5.75 Å². The summed E-state index contributed by atoms with van der Waals surface area (Å²) in [6, 6.07) is 13.6. The van der Waals surface area contributed by atoms with Gasteiger partial charge in [-0.05, 0) is 49.1 Å². The summed E-state index contributed by atoms with van der Waals surface area (Å²) < 4.78 is 8.60. The summed E-state index contributed by atoms with van der Waals surface area (Å²) in [5.41, 5.74) is 3.78. The molecule has 33 heavy (non-hydrogen) atoms. The second-order valence-electron chi connectivity index (χ2n) is 8.86. The first-order valence-corrected chi connectivity index (χ1v) is 11.2. The van der Waals surface area contributed by atoms with Crippen molar-refractivity contribution in [2.45, 2.75) is 40.3 Å². The minimum atomic E-state index is -0.167. The van der Waals surface area contributed by atoms with Gasteiger partial charge < -0.3 is 14.6 Å². The fourth-order valence-electron chi connectivity index (χ4n) is 4.02. The molecule has 0 atom stereocenters. The molecular weight excluding hydrogens is 416 g/mol. The van der Waals surface area contributed by atoms with Gasteiger partial charge in [0.2, 0.25) is 5.91 Å². The number of hydrogen-bond donors (Lipinski definition) is 1. The van der Waals surface area contributed by atoms with Gasteiger partial charge in [0.25, 0.3) is 5.56 Å². The highest BCUT2D eigenvalue weighted by Gasteiger charge is 2.18. The molecule has 0 unspecified atom stereocenters. The third-order valence-electron chi connectivity index (χ3n) is 5.84. The van der Waals surface area contributed by atoms with E-state index in [4.69, 9.17) is 4.74 Å². The Balaban J connectivity index is 1.75. The summed E-state index contributed by atoms with van der Waals surface area (Å²) in [5, 5.41) is 3.86. The van der Waals surface area contributed by atoms with Crippen LogP contribution in [0.15, 0.2) is 53.6 Å². The number of amides is 1. The maximum atomic E-state index is 13.6. The molecule has 0 aliphatic rings. The molecule has 172 valence electrons. The maximum Gasteiger partial charge on any atom is 0.278 e. The summed E-state index contributed by atoms with van der Waals surface area (Å²) in [5.74, 6) is 1.16. The number of fused-ring (bicyclic) bond motifs is 3. The highest BCUT2D eigenvalue weighted by Crippen LogP contribution is 2.26. The van der Waals surface area contributed by atoms with Crippen LogP contribution in [0.5, 0.6) is 5.75 Å². The first kappa shape index (κ1) is 22.6. The fourth-order valence-corrected chi connectivity index (χ4v) is 4.02. The molecule has 2 heterocycles. The lowest BCUT2D eigenvalue weighted by Gasteiger charge is -2.11. The zero-order valence-corrected chi connectivity index (χ0v) is 19.6. The average molecular weight is 447 g/mol. The van der Waals surface area contributed by atoms with Gasteiger partial charge in [0.05, 0.1) is 25.5 Å². The van der Waals surface area contributed by atoms with E-state index in [-0.39, 0.29) is 18.0 Å². The predicted octanol–water partition coefficient (Wildman–Crippen LogP) is 3.88. The molecule has 2 aromatic heterocycles. The number of carbonyl (C=O) groups excluding carboxylic acids is 1. The number of carbonyl (C=O) groups is 1. The molecule has 0 radical (unpaired) electrons. The van der Waals surface area contributed by atoms with E-state index in [1.54, 1.807) is 22.6 Å². The number of aromatic nitrogens is 3. The molecular formula is C26H30N4O3. The highest BCUT2D eigenvalue weighted by atomic mass is 16.5. The van der Waals surface area contributed by atoms with Crippen molar-refractivity contribution in [2.75, 3.05) is 13.7 Å². The van der Waals surface area contributed by atoms with Crippen molar-refractivity contribution in [3.05, 3.63) is 70.3 Å². The molecule has 0 bridgehead atoms. The van der Waals surface area contributed by atoms with Crippen molar-refractivity contribution in [2.24, 2.45) is 5.92 Å². The Morgan fingerprint density at radius 3 is 2.61 bits per heavy atom. The molecule has 0 spiro atoms. The van der Waals surface area contributed by atoms with E-state index >= 15 is 0 Å². The normalized spacial score (nSPS) is 11.4. The molecule has 0 fully saturated rings. The van der Waals surface area contributed by atoms with Crippen molar-refractivity contribution < 1.29 is 9.53 Å². The van der Waals surface area contributed by atoms with Crippen molar-refractivity contribution in [1.29, 1.82) is 0 Å². The van der Waals surface area contributed by atoms with Gasteiger partial charge in [-0.25, -0.2) is 4.98 Å². The number of methoxy groups -OCH3 is 1. The van der Waals surface area contributed by atoms with Gasteiger partial charge in [0.1, 0.15) is 23.3 Å². The van der Waals surface area contributed by atoms with Crippen LogP contribution in [0.25, 0.3) is 21.9 Å². The van der Waals surface area contributed by atoms with E-state index < -0.39 is 0 Å². The van der Waals surface area contributed by atoms with Crippen LogP contribution in [-0.2, 0) is 17.9 Å². The van der Waals surface area contributed by atoms with Gasteiger partial charge in [0, 0.05) is 11.9 Å². The summed E-state index contributed by atoms with van der Waals surface area (Å²) >= 11 is 0. The fraction of sp³-hybridized carbons (Fsp3) is 0.346.